The summed E-state index contributed by atoms with van der Waals surface area (Å²) in [5.74, 6) is -0.322. The molecule has 1 atom stereocenters. The molecule has 0 aliphatic heterocycles. The number of hydrogen-bond acceptors (Lipinski definition) is 2. The van der Waals surface area contributed by atoms with Crippen molar-refractivity contribution in [3.63, 3.8) is 0 Å². The molecule has 0 bridgehead atoms. The molecule has 5 nitrogen and oxygen atoms in total. The monoisotopic (exact) mass is 366 g/mol. The second-order valence-electron chi connectivity index (χ2n) is 7.87. The molecule has 1 saturated carbocycles. The summed E-state index contributed by atoms with van der Waals surface area (Å²) >= 11 is 0. The molecule has 1 fully saturated rings. The lowest BCUT2D eigenvalue weighted by atomic mass is 9.91. The third-order valence-electron chi connectivity index (χ3n) is 6.23. The zero-order valence-electron chi connectivity index (χ0n) is 15.6. The Morgan fingerprint density at radius 3 is 2.89 bits per heavy atom. The largest absolute Gasteiger partial charge is 0.345 e. The van der Waals surface area contributed by atoms with Gasteiger partial charge >= 0.3 is 0 Å². The van der Waals surface area contributed by atoms with Gasteiger partial charge in [0.1, 0.15) is 0 Å². The number of aromatic nitrogens is 3. The van der Waals surface area contributed by atoms with Crippen molar-refractivity contribution >= 4 is 16.8 Å². The molecule has 1 aromatic carbocycles. The van der Waals surface area contributed by atoms with Gasteiger partial charge in [0, 0.05) is 30.2 Å². The third-order valence-corrected chi connectivity index (χ3v) is 6.23. The Morgan fingerprint density at radius 1 is 1.30 bits per heavy atom. The Labute approximate surface area is 157 Å². The first-order valence-electron chi connectivity index (χ1n) is 9.63. The molecular formula is C21H23FN4O. The van der Waals surface area contributed by atoms with Gasteiger partial charge in [-0.25, -0.2) is 4.39 Å². The summed E-state index contributed by atoms with van der Waals surface area (Å²) in [4.78, 5) is 15.6. The molecule has 2 heterocycles. The predicted molar refractivity (Wildman–Crippen MR) is 101 cm³/mol. The van der Waals surface area contributed by atoms with Gasteiger partial charge in [-0.1, -0.05) is 6.07 Å². The fourth-order valence-corrected chi connectivity index (χ4v) is 4.49. The van der Waals surface area contributed by atoms with Gasteiger partial charge in [0.2, 0.25) is 0 Å². The van der Waals surface area contributed by atoms with Crippen molar-refractivity contribution in [2.24, 2.45) is 7.05 Å². The van der Waals surface area contributed by atoms with Gasteiger partial charge in [0.05, 0.1) is 23.0 Å². The molecule has 2 aliphatic rings. The van der Waals surface area contributed by atoms with E-state index in [2.05, 4.69) is 10.2 Å². The van der Waals surface area contributed by atoms with E-state index in [1.165, 1.54) is 11.3 Å². The standard InChI is InChI=1S/C21H23FN4O/c1-12-20(22)19-16(4-3-5-18(19)25(12)2)21(27)26(14-6-7-14)15-8-9-17-13(10-15)11-23-24-17/h3-5,11,14-15H,6-10H2,1-2H3,(H,23,24). The van der Waals surface area contributed by atoms with E-state index in [0.717, 1.165) is 37.6 Å². The topological polar surface area (TPSA) is 53.9 Å². The smallest absolute Gasteiger partial charge is 0.255 e. The van der Waals surface area contributed by atoms with E-state index in [-0.39, 0.29) is 23.8 Å². The van der Waals surface area contributed by atoms with E-state index in [1.807, 2.05) is 34.8 Å². The van der Waals surface area contributed by atoms with Crippen LogP contribution in [0.2, 0.25) is 0 Å². The van der Waals surface area contributed by atoms with Crippen LogP contribution in [0.3, 0.4) is 0 Å². The minimum Gasteiger partial charge on any atom is -0.345 e. The van der Waals surface area contributed by atoms with Crippen LogP contribution < -0.4 is 0 Å². The first-order valence-corrected chi connectivity index (χ1v) is 9.63. The Balaban J connectivity index is 1.56. The lowest BCUT2D eigenvalue weighted by Crippen LogP contribution is -2.45. The SMILES string of the molecule is Cc1c(F)c2c(C(=O)N(C3CC3)C3CCc4[nH]ncc4C3)cccc2n1C. The van der Waals surface area contributed by atoms with Crippen LogP contribution in [-0.4, -0.2) is 37.7 Å². The summed E-state index contributed by atoms with van der Waals surface area (Å²) in [6, 6.07) is 5.93. The first-order chi connectivity index (χ1) is 13.1. The number of rotatable bonds is 3. The summed E-state index contributed by atoms with van der Waals surface area (Å²) in [5, 5.41) is 7.65. The Hall–Kier alpha value is -2.63. The Morgan fingerprint density at radius 2 is 2.11 bits per heavy atom. The molecule has 6 heteroatoms. The number of nitrogens with zero attached hydrogens (tertiary/aromatic N) is 3. The highest BCUT2D eigenvalue weighted by molar-refractivity contribution is 6.07. The number of halogens is 1. The fraction of sp³-hybridized carbons (Fsp3) is 0.429. The average molecular weight is 366 g/mol. The molecule has 2 aliphatic carbocycles. The van der Waals surface area contributed by atoms with E-state index < -0.39 is 0 Å². The maximum absolute atomic E-state index is 14.9. The summed E-state index contributed by atoms with van der Waals surface area (Å²) in [6.45, 7) is 1.75. The number of fused-ring (bicyclic) bond motifs is 2. The van der Waals surface area contributed by atoms with Gasteiger partial charge in [-0.3, -0.25) is 9.89 Å². The number of benzene rings is 1. The second kappa shape index (κ2) is 5.94. The van der Waals surface area contributed by atoms with Gasteiger partial charge in [-0.15, -0.1) is 0 Å². The van der Waals surface area contributed by atoms with Crippen LogP contribution in [0.25, 0.3) is 10.9 Å². The summed E-state index contributed by atoms with van der Waals surface area (Å²) in [7, 11) is 1.84. The van der Waals surface area contributed by atoms with Crippen LogP contribution in [-0.2, 0) is 19.9 Å². The first kappa shape index (κ1) is 16.5. The van der Waals surface area contributed by atoms with Crippen LogP contribution >= 0.6 is 0 Å². The number of amides is 1. The Kier molecular flexibility index (Phi) is 3.64. The number of aromatic amines is 1. The van der Waals surface area contributed by atoms with E-state index in [1.54, 1.807) is 13.0 Å². The van der Waals surface area contributed by atoms with E-state index in [9.17, 15) is 9.18 Å². The molecule has 0 radical (unpaired) electrons. The number of carbonyl (C=O) groups excluding carboxylic acids is 1. The molecule has 1 amide bonds. The summed E-state index contributed by atoms with van der Waals surface area (Å²) < 4.78 is 16.7. The van der Waals surface area contributed by atoms with Crippen molar-refractivity contribution in [2.45, 2.75) is 51.1 Å². The maximum atomic E-state index is 14.9. The lowest BCUT2D eigenvalue weighted by Gasteiger charge is -2.34. The number of hydrogen-bond donors (Lipinski definition) is 1. The molecule has 0 saturated heterocycles. The van der Waals surface area contributed by atoms with Gasteiger partial charge < -0.3 is 9.47 Å². The molecule has 5 rings (SSSR count). The van der Waals surface area contributed by atoms with Crippen molar-refractivity contribution in [3.05, 3.63) is 52.7 Å². The van der Waals surface area contributed by atoms with E-state index in [4.69, 9.17) is 0 Å². The maximum Gasteiger partial charge on any atom is 0.255 e. The molecular weight excluding hydrogens is 343 g/mol. The highest BCUT2D eigenvalue weighted by Crippen LogP contribution is 2.36. The molecule has 0 spiro atoms. The third kappa shape index (κ3) is 2.50. The Bertz CT molecular complexity index is 1050. The zero-order chi connectivity index (χ0) is 18.7. The normalized spacial score (nSPS) is 19.3. The predicted octanol–water partition coefficient (Wildman–Crippen LogP) is 3.51. The van der Waals surface area contributed by atoms with Crippen molar-refractivity contribution in [1.82, 2.24) is 19.7 Å². The fourth-order valence-electron chi connectivity index (χ4n) is 4.49. The van der Waals surface area contributed by atoms with Crippen molar-refractivity contribution in [2.75, 3.05) is 0 Å². The molecule has 3 aromatic rings. The van der Waals surface area contributed by atoms with E-state index >= 15 is 0 Å². The minimum atomic E-state index is -0.284. The van der Waals surface area contributed by atoms with Crippen LogP contribution in [0, 0.1) is 12.7 Å². The number of nitrogens with one attached hydrogen (secondary N) is 1. The van der Waals surface area contributed by atoms with Gasteiger partial charge in [0.15, 0.2) is 5.82 Å². The minimum absolute atomic E-state index is 0.0375. The van der Waals surface area contributed by atoms with Crippen LogP contribution in [0.15, 0.2) is 24.4 Å². The highest BCUT2D eigenvalue weighted by atomic mass is 19.1. The quantitative estimate of drug-likeness (QED) is 0.771. The molecule has 140 valence electrons. The molecule has 1 unspecified atom stereocenters. The highest BCUT2D eigenvalue weighted by Gasteiger charge is 2.40. The van der Waals surface area contributed by atoms with Crippen molar-refractivity contribution in [1.29, 1.82) is 0 Å². The van der Waals surface area contributed by atoms with Crippen LogP contribution in [0.4, 0.5) is 4.39 Å². The molecule has 27 heavy (non-hydrogen) atoms. The number of aryl methyl sites for hydroxylation is 2. The molecule has 2 aromatic heterocycles. The summed E-state index contributed by atoms with van der Waals surface area (Å²) in [6.07, 6.45) is 6.58. The van der Waals surface area contributed by atoms with Gasteiger partial charge in [-0.05, 0) is 56.7 Å². The van der Waals surface area contributed by atoms with Crippen LogP contribution in [0.1, 0.15) is 46.6 Å². The van der Waals surface area contributed by atoms with Crippen molar-refractivity contribution in [3.8, 4) is 0 Å². The second-order valence-corrected chi connectivity index (χ2v) is 7.87. The van der Waals surface area contributed by atoms with Crippen LogP contribution in [0.5, 0.6) is 0 Å². The zero-order valence-corrected chi connectivity index (χ0v) is 15.6. The lowest BCUT2D eigenvalue weighted by molar-refractivity contribution is 0.0644. The molecule has 1 N–H and O–H groups in total. The number of carbonyl (C=O) groups is 1. The van der Waals surface area contributed by atoms with E-state index in [0.29, 0.717) is 16.6 Å². The van der Waals surface area contributed by atoms with Crippen molar-refractivity contribution < 1.29 is 9.18 Å². The average Bonchev–Trinajstić information content (AvgIpc) is 3.35. The summed E-state index contributed by atoms with van der Waals surface area (Å²) in [5.41, 5.74) is 4.20. The van der Waals surface area contributed by atoms with Gasteiger partial charge in [0.25, 0.3) is 5.91 Å². The number of H-pyrrole nitrogens is 1. The van der Waals surface area contributed by atoms with Gasteiger partial charge in [-0.2, -0.15) is 5.10 Å².